The van der Waals surface area contributed by atoms with Crippen LogP contribution in [-0.4, -0.2) is 12.1 Å². The summed E-state index contributed by atoms with van der Waals surface area (Å²) in [5.74, 6) is 0.885. The minimum Gasteiger partial charge on any atom is -0.496 e. The second-order valence-electron chi connectivity index (χ2n) is 4.96. The molecule has 1 aromatic carbocycles. The van der Waals surface area contributed by atoms with Crippen LogP contribution in [0.2, 0.25) is 0 Å². The first-order chi connectivity index (χ1) is 7.54. The number of fused-ring (bicyclic) bond motifs is 1. The second kappa shape index (κ2) is 3.78. The molecule has 0 aliphatic rings. The highest BCUT2D eigenvalue weighted by molar-refractivity contribution is 5.88. The Morgan fingerprint density at radius 2 is 1.88 bits per heavy atom. The molecule has 0 unspecified atom stereocenters. The first kappa shape index (κ1) is 10.9. The van der Waals surface area contributed by atoms with Gasteiger partial charge in [-0.15, -0.1) is 0 Å². The minimum absolute atomic E-state index is 0.0961. The number of hydrogen-bond donors (Lipinski definition) is 0. The van der Waals surface area contributed by atoms with Gasteiger partial charge in [0.25, 0.3) is 0 Å². The van der Waals surface area contributed by atoms with Gasteiger partial charge < -0.3 is 4.74 Å². The molecule has 0 bridgehead atoms. The summed E-state index contributed by atoms with van der Waals surface area (Å²) >= 11 is 0. The van der Waals surface area contributed by atoms with E-state index in [-0.39, 0.29) is 5.41 Å². The monoisotopic (exact) mass is 215 g/mol. The fourth-order valence-electron chi connectivity index (χ4n) is 1.93. The van der Waals surface area contributed by atoms with E-state index in [4.69, 9.17) is 4.74 Å². The minimum atomic E-state index is 0.0961. The zero-order chi connectivity index (χ0) is 11.8. The molecule has 0 aliphatic carbocycles. The number of rotatable bonds is 1. The van der Waals surface area contributed by atoms with Crippen molar-refractivity contribution in [1.82, 2.24) is 4.98 Å². The number of hydrogen-bond acceptors (Lipinski definition) is 2. The first-order valence-electron chi connectivity index (χ1n) is 5.46. The van der Waals surface area contributed by atoms with Crippen molar-refractivity contribution in [2.75, 3.05) is 7.11 Å². The van der Waals surface area contributed by atoms with E-state index in [0.29, 0.717) is 0 Å². The zero-order valence-electron chi connectivity index (χ0n) is 10.2. The van der Waals surface area contributed by atoms with E-state index in [9.17, 15) is 0 Å². The van der Waals surface area contributed by atoms with Crippen LogP contribution < -0.4 is 4.74 Å². The molecule has 0 aliphatic heterocycles. The van der Waals surface area contributed by atoms with Crippen LogP contribution in [-0.2, 0) is 5.41 Å². The van der Waals surface area contributed by atoms with Gasteiger partial charge in [-0.2, -0.15) is 0 Å². The molecule has 2 heteroatoms. The molecule has 1 aromatic heterocycles. The van der Waals surface area contributed by atoms with Gasteiger partial charge in [0.05, 0.1) is 12.6 Å². The van der Waals surface area contributed by atoms with Crippen molar-refractivity contribution in [2.24, 2.45) is 0 Å². The maximum absolute atomic E-state index is 5.36. The van der Waals surface area contributed by atoms with Gasteiger partial charge in [0.2, 0.25) is 0 Å². The summed E-state index contributed by atoms with van der Waals surface area (Å²) in [4.78, 5) is 4.48. The number of benzene rings is 1. The average Bonchev–Trinajstić information content (AvgIpc) is 2.26. The van der Waals surface area contributed by atoms with E-state index in [1.165, 1.54) is 5.56 Å². The van der Waals surface area contributed by atoms with E-state index >= 15 is 0 Å². The number of methoxy groups -OCH3 is 1. The van der Waals surface area contributed by atoms with Gasteiger partial charge in [0.1, 0.15) is 5.75 Å². The standard InChI is InChI=1S/C14H17NO/c1-14(2,3)11-7-8-12(16-4)10-6-5-9-15-13(10)11/h5-9H,1-4H3. The van der Waals surface area contributed by atoms with Crippen LogP contribution in [0.25, 0.3) is 10.9 Å². The Kier molecular flexibility index (Phi) is 2.58. The SMILES string of the molecule is COc1ccc(C(C)(C)C)c2ncccc12. The van der Waals surface area contributed by atoms with Crippen LogP contribution in [0.15, 0.2) is 30.5 Å². The van der Waals surface area contributed by atoms with Gasteiger partial charge in [0.15, 0.2) is 0 Å². The van der Waals surface area contributed by atoms with Crippen LogP contribution in [0.4, 0.5) is 0 Å². The van der Waals surface area contributed by atoms with Gasteiger partial charge in [-0.05, 0) is 29.2 Å². The summed E-state index contributed by atoms with van der Waals surface area (Å²) in [6, 6.07) is 8.12. The lowest BCUT2D eigenvalue weighted by molar-refractivity contribution is 0.419. The molecule has 0 saturated heterocycles. The Hall–Kier alpha value is -1.57. The fourth-order valence-corrected chi connectivity index (χ4v) is 1.93. The summed E-state index contributed by atoms with van der Waals surface area (Å²) in [6.45, 7) is 6.59. The summed E-state index contributed by atoms with van der Waals surface area (Å²) in [7, 11) is 1.69. The largest absolute Gasteiger partial charge is 0.496 e. The Morgan fingerprint density at radius 3 is 2.50 bits per heavy atom. The quantitative estimate of drug-likeness (QED) is 0.726. The third-order valence-corrected chi connectivity index (χ3v) is 2.76. The van der Waals surface area contributed by atoms with Crippen molar-refractivity contribution in [3.8, 4) is 5.75 Å². The Morgan fingerprint density at radius 1 is 1.12 bits per heavy atom. The first-order valence-corrected chi connectivity index (χ1v) is 5.46. The molecule has 0 N–H and O–H groups in total. The second-order valence-corrected chi connectivity index (χ2v) is 4.96. The van der Waals surface area contributed by atoms with Gasteiger partial charge in [-0.25, -0.2) is 0 Å². The molecular weight excluding hydrogens is 198 g/mol. The molecule has 2 aromatic rings. The molecule has 0 saturated carbocycles. The Bertz CT molecular complexity index is 512. The Balaban J connectivity index is 2.80. The average molecular weight is 215 g/mol. The van der Waals surface area contributed by atoms with Crippen LogP contribution in [0.3, 0.4) is 0 Å². The molecule has 1 heterocycles. The highest BCUT2D eigenvalue weighted by Gasteiger charge is 2.18. The van der Waals surface area contributed by atoms with E-state index in [1.54, 1.807) is 7.11 Å². The lowest BCUT2D eigenvalue weighted by atomic mass is 9.85. The van der Waals surface area contributed by atoms with Crippen LogP contribution in [0.1, 0.15) is 26.3 Å². The normalized spacial score (nSPS) is 11.8. The third kappa shape index (κ3) is 1.75. The predicted octanol–water partition coefficient (Wildman–Crippen LogP) is 3.54. The summed E-state index contributed by atoms with van der Waals surface area (Å²) < 4.78 is 5.36. The summed E-state index contributed by atoms with van der Waals surface area (Å²) in [5, 5.41) is 1.08. The molecular formula is C14H17NO. The van der Waals surface area contributed by atoms with E-state index in [0.717, 1.165) is 16.7 Å². The van der Waals surface area contributed by atoms with Crippen molar-refractivity contribution in [3.05, 3.63) is 36.0 Å². The highest BCUT2D eigenvalue weighted by atomic mass is 16.5. The van der Waals surface area contributed by atoms with E-state index in [2.05, 4.69) is 37.9 Å². The zero-order valence-corrected chi connectivity index (χ0v) is 10.2. The summed E-state index contributed by atoms with van der Waals surface area (Å²) in [6.07, 6.45) is 1.83. The third-order valence-electron chi connectivity index (χ3n) is 2.76. The van der Waals surface area contributed by atoms with Gasteiger partial charge in [-0.1, -0.05) is 26.8 Å². The molecule has 0 fully saturated rings. The predicted molar refractivity (Wildman–Crippen MR) is 67.0 cm³/mol. The maximum Gasteiger partial charge on any atom is 0.128 e. The number of aromatic nitrogens is 1. The maximum atomic E-state index is 5.36. The lowest BCUT2D eigenvalue weighted by Gasteiger charge is -2.21. The molecule has 0 amide bonds. The number of pyridine rings is 1. The summed E-state index contributed by atoms with van der Waals surface area (Å²) in [5.41, 5.74) is 2.39. The van der Waals surface area contributed by atoms with Crippen molar-refractivity contribution in [3.63, 3.8) is 0 Å². The molecule has 0 atom stereocenters. The van der Waals surface area contributed by atoms with Gasteiger partial charge in [0, 0.05) is 11.6 Å². The molecule has 84 valence electrons. The lowest BCUT2D eigenvalue weighted by Crippen LogP contribution is -2.12. The molecule has 2 rings (SSSR count). The fraction of sp³-hybridized carbons (Fsp3) is 0.357. The molecule has 16 heavy (non-hydrogen) atoms. The molecule has 2 nitrogen and oxygen atoms in total. The van der Waals surface area contributed by atoms with E-state index in [1.807, 2.05) is 18.3 Å². The molecule has 0 spiro atoms. The topological polar surface area (TPSA) is 22.1 Å². The molecule has 0 radical (unpaired) electrons. The van der Waals surface area contributed by atoms with Gasteiger partial charge >= 0.3 is 0 Å². The van der Waals surface area contributed by atoms with Crippen molar-refractivity contribution in [1.29, 1.82) is 0 Å². The number of nitrogens with zero attached hydrogens (tertiary/aromatic N) is 1. The van der Waals surface area contributed by atoms with Crippen molar-refractivity contribution >= 4 is 10.9 Å². The Labute approximate surface area is 96.3 Å². The van der Waals surface area contributed by atoms with Crippen LogP contribution in [0, 0.1) is 0 Å². The van der Waals surface area contributed by atoms with Gasteiger partial charge in [-0.3, -0.25) is 4.98 Å². The van der Waals surface area contributed by atoms with Crippen molar-refractivity contribution in [2.45, 2.75) is 26.2 Å². The number of ether oxygens (including phenoxy) is 1. The van der Waals surface area contributed by atoms with E-state index < -0.39 is 0 Å². The smallest absolute Gasteiger partial charge is 0.128 e. The van der Waals surface area contributed by atoms with Crippen LogP contribution in [0.5, 0.6) is 5.75 Å². The highest BCUT2D eigenvalue weighted by Crippen LogP contribution is 2.33. The van der Waals surface area contributed by atoms with Crippen LogP contribution >= 0.6 is 0 Å². The van der Waals surface area contributed by atoms with Crippen molar-refractivity contribution < 1.29 is 4.74 Å².